The van der Waals surface area contributed by atoms with Crippen LogP contribution in [0.15, 0.2) is 42.5 Å². The summed E-state index contributed by atoms with van der Waals surface area (Å²) >= 11 is 0. The van der Waals surface area contributed by atoms with Crippen molar-refractivity contribution in [3.8, 4) is 29.2 Å². The number of amides is 1. The zero-order valence-corrected chi connectivity index (χ0v) is 22.6. The van der Waals surface area contributed by atoms with Crippen LogP contribution in [0.4, 0.5) is 5.69 Å². The van der Waals surface area contributed by atoms with Crippen LogP contribution in [0, 0.1) is 47.0 Å². The van der Waals surface area contributed by atoms with E-state index in [1.165, 1.54) is 33.0 Å². The number of carbonyl (C=O) groups excluding carboxylic acids is 1. The molecule has 3 aromatic rings. The highest BCUT2D eigenvalue weighted by atomic mass is 28.3. The maximum Gasteiger partial charge on any atom is 0.262 e. The molecule has 0 bridgehead atoms. The molecule has 1 amide bonds. The van der Waals surface area contributed by atoms with Crippen molar-refractivity contribution < 1.29 is 9.53 Å². The van der Waals surface area contributed by atoms with E-state index < -0.39 is 8.07 Å². The molecule has 0 saturated carbocycles. The van der Waals surface area contributed by atoms with Crippen molar-refractivity contribution >= 4 is 24.9 Å². The number of nitrogens with one attached hydrogen (secondary N) is 1. The molecule has 176 valence electrons. The molecule has 0 unspecified atom stereocenters. The van der Waals surface area contributed by atoms with E-state index in [9.17, 15) is 4.79 Å². The highest BCUT2D eigenvalue weighted by Crippen LogP contribution is 2.34. The van der Waals surface area contributed by atoms with Crippen LogP contribution in [0.5, 0.6) is 5.75 Å². The molecule has 0 aliphatic carbocycles. The highest BCUT2D eigenvalue weighted by molar-refractivity contribution is 6.88. The Labute approximate surface area is 205 Å². The molecule has 3 aromatic carbocycles. The van der Waals surface area contributed by atoms with Crippen molar-refractivity contribution in [2.24, 2.45) is 0 Å². The number of benzene rings is 3. The third kappa shape index (κ3) is 5.60. The summed E-state index contributed by atoms with van der Waals surface area (Å²) in [5.41, 5.74) is 9.71. The minimum Gasteiger partial charge on any atom is -0.483 e. The number of anilines is 1. The summed E-state index contributed by atoms with van der Waals surface area (Å²) in [5, 5.41) is 4.17. The Kier molecular flexibility index (Phi) is 7.38. The lowest BCUT2D eigenvalue weighted by molar-refractivity contribution is -0.118. The number of hydrogen-bond donors (Lipinski definition) is 1. The standard InChI is InChI=1S/C30H35NO2Si/c1-10-24-17-25(34(7,8)9)11-12-27(24)31-29(32)18-33-28-16-20(3)26(15-21(28)4)30-22(5)13-19(2)14-23(30)6/h1,11-17H,18H2,2-9H3,(H,31,32). The van der Waals surface area contributed by atoms with Crippen LogP contribution in [0.3, 0.4) is 0 Å². The van der Waals surface area contributed by atoms with E-state index >= 15 is 0 Å². The Morgan fingerprint density at radius 2 is 1.56 bits per heavy atom. The van der Waals surface area contributed by atoms with E-state index in [1.54, 1.807) is 0 Å². The normalized spacial score (nSPS) is 11.1. The number of ether oxygens (including phenoxy) is 1. The number of rotatable bonds is 6. The quantitative estimate of drug-likeness (QED) is 0.333. The Hall–Kier alpha value is -3.29. The van der Waals surface area contributed by atoms with Gasteiger partial charge in [-0.2, -0.15) is 0 Å². The topological polar surface area (TPSA) is 38.3 Å². The summed E-state index contributed by atoms with van der Waals surface area (Å²) in [6, 6.07) is 14.6. The molecule has 0 fully saturated rings. The van der Waals surface area contributed by atoms with E-state index in [-0.39, 0.29) is 12.5 Å². The Morgan fingerprint density at radius 3 is 2.15 bits per heavy atom. The molecule has 0 heterocycles. The smallest absolute Gasteiger partial charge is 0.262 e. The predicted molar refractivity (Wildman–Crippen MR) is 147 cm³/mol. The van der Waals surface area contributed by atoms with E-state index in [2.05, 4.69) is 82.8 Å². The fourth-order valence-electron chi connectivity index (χ4n) is 4.39. The first-order valence-electron chi connectivity index (χ1n) is 11.6. The molecule has 0 atom stereocenters. The zero-order valence-electron chi connectivity index (χ0n) is 21.6. The van der Waals surface area contributed by atoms with Crippen LogP contribution in [-0.4, -0.2) is 20.6 Å². The maximum atomic E-state index is 12.6. The SMILES string of the molecule is C#Cc1cc([Si](C)(C)C)ccc1NC(=O)COc1cc(C)c(-c2c(C)cc(C)cc2C)cc1C. The van der Waals surface area contributed by atoms with Gasteiger partial charge in [-0.15, -0.1) is 6.42 Å². The monoisotopic (exact) mass is 469 g/mol. The van der Waals surface area contributed by atoms with Gasteiger partial charge in [-0.25, -0.2) is 0 Å². The second kappa shape index (κ2) is 9.91. The summed E-state index contributed by atoms with van der Waals surface area (Å²) in [6.45, 7) is 17.3. The van der Waals surface area contributed by atoms with Crippen LogP contribution in [-0.2, 0) is 4.79 Å². The van der Waals surface area contributed by atoms with Gasteiger partial charge in [0, 0.05) is 5.56 Å². The predicted octanol–water partition coefficient (Wildman–Crippen LogP) is 6.44. The van der Waals surface area contributed by atoms with Crippen molar-refractivity contribution in [3.05, 3.63) is 75.8 Å². The number of terminal acetylenes is 1. The maximum absolute atomic E-state index is 12.6. The Bertz CT molecular complexity index is 1270. The van der Waals surface area contributed by atoms with Crippen LogP contribution in [0.2, 0.25) is 19.6 Å². The lowest BCUT2D eigenvalue weighted by Gasteiger charge is -2.19. The second-order valence-corrected chi connectivity index (χ2v) is 15.3. The summed E-state index contributed by atoms with van der Waals surface area (Å²) in [5.74, 6) is 3.19. The van der Waals surface area contributed by atoms with Gasteiger partial charge in [0.2, 0.25) is 0 Å². The molecule has 0 saturated heterocycles. The fourth-order valence-corrected chi connectivity index (χ4v) is 5.55. The Morgan fingerprint density at radius 1 is 0.912 bits per heavy atom. The van der Waals surface area contributed by atoms with Gasteiger partial charge in [0.25, 0.3) is 5.91 Å². The second-order valence-electron chi connectivity index (χ2n) is 10.2. The van der Waals surface area contributed by atoms with Crippen molar-refractivity contribution in [1.82, 2.24) is 0 Å². The van der Waals surface area contributed by atoms with Crippen molar-refractivity contribution in [3.63, 3.8) is 0 Å². The molecule has 0 radical (unpaired) electrons. The van der Waals surface area contributed by atoms with Crippen molar-refractivity contribution in [1.29, 1.82) is 0 Å². The first-order chi connectivity index (χ1) is 15.9. The molecule has 34 heavy (non-hydrogen) atoms. The molecule has 0 spiro atoms. The molecule has 0 aliphatic rings. The van der Waals surface area contributed by atoms with E-state index in [4.69, 9.17) is 11.2 Å². The minimum absolute atomic E-state index is 0.0814. The zero-order chi connectivity index (χ0) is 25.2. The van der Waals surface area contributed by atoms with Crippen LogP contribution < -0.4 is 15.2 Å². The average molecular weight is 470 g/mol. The van der Waals surface area contributed by atoms with E-state index in [1.807, 2.05) is 25.1 Å². The van der Waals surface area contributed by atoms with Gasteiger partial charge in [-0.05, 0) is 92.3 Å². The van der Waals surface area contributed by atoms with Gasteiger partial charge in [-0.1, -0.05) is 54.5 Å². The highest BCUT2D eigenvalue weighted by Gasteiger charge is 2.18. The summed E-state index contributed by atoms with van der Waals surface area (Å²) < 4.78 is 5.92. The fraction of sp³-hybridized carbons (Fsp3) is 0.300. The van der Waals surface area contributed by atoms with Gasteiger partial charge in [0.05, 0.1) is 13.8 Å². The first-order valence-corrected chi connectivity index (χ1v) is 15.1. The van der Waals surface area contributed by atoms with Gasteiger partial charge in [0.1, 0.15) is 5.75 Å². The number of carbonyl (C=O) groups is 1. The van der Waals surface area contributed by atoms with Crippen molar-refractivity contribution in [2.45, 2.75) is 54.3 Å². The molecule has 0 aliphatic heterocycles. The molecular formula is C30H35NO2Si. The third-order valence-corrected chi connectivity index (χ3v) is 8.19. The van der Waals surface area contributed by atoms with E-state index in [0.717, 1.165) is 11.1 Å². The number of aryl methyl sites for hydroxylation is 5. The summed E-state index contributed by atoms with van der Waals surface area (Å²) in [7, 11) is -1.49. The van der Waals surface area contributed by atoms with Gasteiger partial charge in [-0.3, -0.25) is 4.79 Å². The van der Waals surface area contributed by atoms with Gasteiger partial charge >= 0.3 is 0 Å². The molecule has 1 N–H and O–H groups in total. The lowest BCUT2D eigenvalue weighted by atomic mass is 9.90. The molecular weight excluding hydrogens is 434 g/mol. The number of hydrogen-bond acceptors (Lipinski definition) is 2. The van der Waals surface area contributed by atoms with Gasteiger partial charge in [0.15, 0.2) is 6.61 Å². The molecule has 3 rings (SSSR count). The Balaban J connectivity index is 1.76. The van der Waals surface area contributed by atoms with Crippen LogP contribution in [0.25, 0.3) is 11.1 Å². The van der Waals surface area contributed by atoms with E-state index in [0.29, 0.717) is 17.0 Å². The van der Waals surface area contributed by atoms with Crippen LogP contribution >= 0.6 is 0 Å². The average Bonchev–Trinajstić information content (AvgIpc) is 2.73. The molecule has 0 aromatic heterocycles. The van der Waals surface area contributed by atoms with Crippen molar-refractivity contribution in [2.75, 3.05) is 11.9 Å². The van der Waals surface area contributed by atoms with Crippen LogP contribution in [0.1, 0.15) is 33.4 Å². The summed E-state index contributed by atoms with van der Waals surface area (Å²) in [6.07, 6.45) is 5.71. The van der Waals surface area contributed by atoms with Gasteiger partial charge < -0.3 is 10.1 Å². The largest absolute Gasteiger partial charge is 0.483 e. The minimum atomic E-state index is -1.49. The molecule has 4 heteroatoms. The lowest BCUT2D eigenvalue weighted by Crippen LogP contribution is -2.37. The molecule has 3 nitrogen and oxygen atoms in total. The third-order valence-electron chi connectivity index (χ3n) is 6.14. The first kappa shape index (κ1) is 25.3. The summed E-state index contributed by atoms with van der Waals surface area (Å²) in [4.78, 5) is 12.6.